The summed E-state index contributed by atoms with van der Waals surface area (Å²) in [6.07, 6.45) is 2.73. The number of ether oxygens (including phenoxy) is 1. The van der Waals surface area contributed by atoms with Crippen LogP contribution in [-0.4, -0.2) is 32.6 Å². The van der Waals surface area contributed by atoms with Gasteiger partial charge in [-0.3, -0.25) is 0 Å². The summed E-state index contributed by atoms with van der Waals surface area (Å²) < 4.78 is 4.96. The Morgan fingerprint density at radius 2 is 1.65 bits per heavy atom. The largest absolute Gasteiger partial charge is 0.463 e. The van der Waals surface area contributed by atoms with E-state index in [1.165, 1.54) is 0 Å². The number of esters is 1. The first kappa shape index (κ1) is 22.4. The van der Waals surface area contributed by atoms with E-state index in [0.29, 0.717) is 34.2 Å². The normalized spacial score (nSPS) is 16.4. The van der Waals surface area contributed by atoms with Crippen molar-refractivity contribution in [3.05, 3.63) is 11.6 Å². The lowest BCUT2D eigenvalue weighted by molar-refractivity contribution is -0.138. The molecular weight excluding hydrogens is 304 g/mol. The molecule has 0 amide bonds. The Balaban J connectivity index is 4.79. The van der Waals surface area contributed by atoms with E-state index in [4.69, 9.17) is 4.74 Å². The zero-order valence-electron chi connectivity index (χ0n) is 16.7. The molecule has 4 heteroatoms. The van der Waals surface area contributed by atoms with E-state index in [0.717, 1.165) is 6.42 Å². The van der Waals surface area contributed by atoms with Crippen molar-refractivity contribution in [2.75, 3.05) is 6.61 Å². The van der Waals surface area contributed by atoms with Gasteiger partial charge < -0.3 is 9.84 Å². The summed E-state index contributed by atoms with van der Waals surface area (Å²) in [4.78, 5) is 11.6. The van der Waals surface area contributed by atoms with Gasteiger partial charge in [0.25, 0.3) is 0 Å². The van der Waals surface area contributed by atoms with Gasteiger partial charge in [-0.15, -0.1) is 0 Å². The fourth-order valence-electron chi connectivity index (χ4n) is 4.31. The Morgan fingerprint density at radius 1 is 1.17 bits per heavy atom. The first-order valence-electron chi connectivity index (χ1n) is 8.82. The van der Waals surface area contributed by atoms with E-state index in [2.05, 4.69) is 48.5 Å². The smallest absolute Gasteiger partial charge is 0.333 e. The summed E-state index contributed by atoms with van der Waals surface area (Å²) in [6.45, 7) is 20.2. The molecule has 0 spiro atoms. The van der Waals surface area contributed by atoms with Crippen LogP contribution in [-0.2, 0) is 9.53 Å². The number of rotatable bonds is 7. The van der Waals surface area contributed by atoms with E-state index < -0.39 is 14.9 Å². The molecule has 0 aliphatic rings. The lowest BCUT2D eigenvalue weighted by Gasteiger charge is -2.44. The van der Waals surface area contributed by atoms with Crippen LogP contribution in [0.5, 0.6) is 0 Å². The minimum absolute atomic E-state index is 0.288. The summed E-state index contributed by atoms with van der Waals surface area (Å²) in [5.74, 6) is -0.288. The lowest BCUT2D eigenvalue weighted by atomic mass is 10.1. The maximum absolute atomic E-state index is 11.6. The number of aliphatic hydroxyl groups is 1. The molecule has 2 atom stereocenters. The molecule has 0 rings (SSSR count). The molecule has 0 bridgehead atoms. The van der Waals surface area contributed by atoms with Crippen LogP contribution in [0, 0.1) is 0 Å². The highest BCUT2D eigenvalue weighted by atomic mass is 28.3. The molecule has 136 valence electrons. The van der Waals surface area contributed by atoms with Crippen molar-refractivity contribution in [2.24, 2.45) is 0 Å². The molecule has 0 radical (unpaired) electrons. The van der Waals surface area contributed by atoms with Gasteiger partial charge in [-0.2, -0.15) is 0 Å². The van der Waals surface area contributed by atoms with Crippen LogP contribution in [0.3, 0.4) is 0 Å². The van der Waals surface area contributed by atoms with Crippen LogP contribution in [0.15, 0.2) is 11.6 Å². The number of carbonyl (C=O) groups is 1. The Labute approximate surface area is 145 Å². The van der Waals surface area contributed by atoms with E-state index in [9.17, 15) is 9.90 Å². The van der Waals surface area contributed by atoms with E-state index in [1.54, 1.807) is 19.9 Å². The van der Waals surface area contributed by atoms with Crippen molar-refractivity contribution >= 4 is 14.8 Å². The molecule has 0 saturated carbocycles. The van der Waals surface area contributed by atoms with Crippen molar-refractivity contribution in [3.63, 3.8) is 0 Å². The average Bonchev–Trinajstić information content (AvgIpc) is 2.32. The third-order valence-electron chi connectivity index (χ3n) is 4.37. The molecule has 0 heterocycles. The number of hydrogen-bond donors (Lipinski definition) is 1. The summed E-state index contributed by atoms with van der Waals surface area (Å²) >= 11 is 0. The molecule has 0 aromatic carbocycles. The number of carbonyl (C=O) groups excluding carboxylic acids is 1. The van der Waals surface area contributed by atoms with Gasteiger partial charge in [-0.05, 0) is 42.3 Å². The minimum atomic E-state index is -1.11. The van der Waals surface area contributed by atoms with Gasteiger partial charge in [0.15, 0.2) is 0 Å². The summed E-state index contributed by atoms with van der Waals surface area (Å²) in [5, 5.41) is 11.0. The summed E-state index contributed by atoms with van der Waals surface area (Å²) in [5.41, 5.74) is 1.13. The van der Waals surface area contributed by atoms with Gasteiger partial charge in [0, 0.05) is 5.57 Å². The quantitative estimate of drug-likeness (QED) is 0.408. The molecule has 0 fully saturated rings. The average molecular weight is 343 g/mol. The van der Waals surface area contributed by atoms with Crippen LogP contribution in [0.4, 0.5) is 0 Å². The Bertz CT molecular complexity index is 388. The van der Waals surface area contributed by atoms with Gasteiger partial charge in [-0.25, -0.2) is 4.79 Å². The van der Waals surface area contributed by atoms with Crippen molar-refractivity contribution < 1.29 is 14.6 Å². The van der Waals surface area contributed by atoms with Crippen LogP contribution >= 0.6 is 0 Å². The summed E-state index contributed by atoms with van der Waals surface area (Å²) in [6, 6.07) is 0. The molecule has 0 aliphatic heterocycles. The third-order valence-corrected chi connectivity index (χ3v) is 9.51. The summed E-state index contributed by atoms with van der Waals surface area (Å²) in [7, 11) is -1.11. The molecule has 0 aromatic heterocycles. The second-order valence-electron chi connectivity index (χ2n) is 8.92. The van der Waals surface area contributed by atoms with E-state index >= 15 is 0 Å². The molecule has 0 aliphatic carbocycles. The highest BCUT2D eigenvalue weighted by Crippen LogP contribution is 2.48. The molecule has 0 saturated heterocycles. The van der Waals surface area contributed by atoms with Gasteiger partial charge >= 0.3 is 5.97 Å². The van der Waals surface area contributed by atoms with Crippen molar-refractivity contribution in [1.29, 1.82) is 0 Å². The molecule has 0 aromatic rings. The van der Waals surface area contributed by atoms with Gasteiger partial charge in [0.2, 0.25) is 0 Å². The number of aliphatic hydroxyl groups excluding tert-OH is 1. The first-order valence-corrected chi connectivity index (χ1v) is 10.6. The zero-order valence-corrected chi connectivity index (χ0v) is 17.8. The van der Waals surface area contributed by atoms with E-state index in [1.807, 2.05) is 0 Å². The Morgan fingerprint density at radius 3 is 2.04 bits per heavy atom. The van der Waals surface area contributed by atoms with Gasteiger partial charge in [0.1, 0.15) is 0 Å². The topological polar surface area (TPSA) is 46.5 Å². The Kier molecular flexibility index (Phi) is 8.78. The molecule has 1 N–H and O–H groups in total. The number of hydrogen-bond acceptors (Lipinski definition) is 3. The highest BCUT2D eigenvalue weighted by molar-refractivity contribution is 6.66. The van der Waals surface area contributed by atoms with Crippen LogP contribution in [0.2, 0.25) is 15.6 Å². The van der Waals surface area contributed by atoms with Crippen LogP contribution in [0.1, 0.15) is 75.2 Å². The standard InChI is InChI=1S/C19H38O3Si/c1-10-22-17(21)14(2)11-12-16(20)13-15(3)23(18(4,5)6)19(7,8)9/h11,15-16,20,23H,10,12-13H2,1-9H3/b14-11+/t15?,16-/m1/s1. The minimum Gasteiger partial charge on any atom is -0.463 e. The van der Waals surface area contributed by atoms with Gasteiger partial charge in [-0.1, -0.05) is 54.5 Å². The molecule has 1 unspecified atom stereocenters. The second kappa shape index (κ2) is 9.02. The fourth-order valence-corrected chi connectivity index (χ4v) is 10.9. The third kappa shape index (κ3) is 8.16. The highest BCUT2D eigenvalue weighted by Gasteiger charge is 2.40. The van der Waals surface area contributed by atoms with E-state index in [-0.39, 0.29) is 5.97 Å². The zero-order chi connectivity index (χ0) is 18.4. The Hall–Kier alpha value is -0.613. The van der Waals surface area contributed by atoms with Gasteiger partial charge in [0.05, 0.1) is 21.5 Å². The SMILES string of the molecule is CCOC(=O)/C(C)=C/C[C@@H](O)CC(C)[SiH](C(C)(C)C)C(C)(C)C. The van der Waals surface area contributed by atoms with Crippen molar-refractivity contribution in [2.45, 2.75) is 96.9 Å². The monoisotopic (exact) mass is 342 g/mol. The fraction of sp³-hybridized carbons (Fsp3) is 0.842. The molecule has 23 heavy (non-hydrogen) atoms. The van der Waals surface area contributed by atoms with Crippen LogP contribution in [0.25, 0.3) is 0 Å². The predicted molar refractivity (Wildman–Crippen MR) is 102 cm³/mol. The maximum Gasteiger partial charge on any atom is 0.333 e. The first-order chi connectivity index (χ1) is 10.3. The molecule has 3 nitrogen and oxygen atoms in total. The van der Waals surface area contributed by atoms with Crippen LogP contribution < -0.4 is 0 Å². The lowest BCUT2D eigenvalue weighted by Crippen LogP contribution is -2.39. The molecular formula is C19H38O3Si. The maximum atomic E-state index is 11.6. The van der Waals surface area contributed by atoms with Crippen molar-refractivity contribution in [3.8, 4) is 0 Å². The predicted octanol–water partition coefficient (Wildman–Crippen LogP) is 4.85. The second-order valence-corrected chi connectivity index (χ2v) is 14.5. The van der Waals surface area contributed by atoms with Crippen molar-refractivity contribution in [1.82, 2.24) is 0 Å².